The highest BCUT2D eigenvalue weighted by molar-refractivity contribution is 6.32. The first-order valence-corrected chi connectivity index (χ1v) is 10.1. The van der Waals surface area contributed by atoms with Crippen molar-refractivity contribution in [2.45, 2.75) is 51.7 Å². The maximum Gasteiger partial charge on any atom is 0.191 e. The lowest BCUT2D eigenvalue weighted by atomic mass is 9.40. The molecule has 8 nitrogen and oxygen atoms in total. The van der Waals surface area contributed by atoms with Crippen molar-refractivity contribution in [3.05, 3.63) is 29.3 Å². The molecule has 0 spiro atoms. The number of aromatic hydroxyl groups is 1. The molecule has 8 heteroatoms. The highest BCUT2D eigenvalue weighted by Gasteiger charge is 2.77. The molecule has 2 unspecified atom stereocenters. The Morgan fingerprint density at radius 3 is 2.29 bits per heavy atom. The van der Waals surface area contributed by atoms with E-state index in [1.165, 1.54) is 19.9 Å². The van der Waals surface area contributed by atoms with Crippen LogP contribution in [-0.2, 0) is 19.2 Å². The van der Waals surface area contributed by atoms with Gasteiger partial charge in [0.15, 0.2) is 28.7 Å². The number of aliphatic hydroxyl groups excluding tert-OH is 1. The molecule has 1 aromatic rings. The molecule has 0 amide bonds. The van der Waals surface area contributed by atoms with Crippen LogP contribution in [0.2, 0.25) is 0 Å². The molecule has 2 saturated carbocycles. The summed E-state index contributed by atoms with van der Waals surface area (Å²) in [6.45, 7) is 5.50. The molecule has 1 aromatic carbocycles. The predicted molar refractivity (Wildman–Crippen MR) is 105 cm³/mol. The summed E-state index contributed by atoms with van der Waals surface area (Å²) in [6, 6.07) is 4.45. The molecule has 0 radical (unpaired) electrons. The van der Waals surface area contributed by atoms with Gasteiger partial charge in [0.05, 0.1) is 17.6 Å². The van der Waals surface area contributed by atoms with Gasteiger partial charge in [-0.2, -0.15) is 0 Å². The Morgan fingerprint density at radius 2 is 1.71 bits per heavy atom. The summed E-state index contributed by atoms with van der Waals surface area (Å²) < 4.78 is 0. The molecule has 7 atom stereocenters. The first kappa shape index (κ1) is 21.5. The number of hydrogen-bond donors (Lipinski definition) is 3. The van der Waals surface area contributed by atoms with Crippen LogP contribution in [0.15, 0.2) is 18.2 Å². The van der Waals surface area contributed by atoms with Gasteiger partial charge < -0.3 is 15.3 Å². The van der Waals surface area contributed by atoms with Gasteiger partial charge >= 0.3 is 0 Å². The second-order valence-corrected chi connectivity index (χ2v) is 9.57. The second kappa shape index (κ2) is 6.17. The van der Waals surface area contributed by atoms with Crippen LogP contribution in [0.4, 0.5) is 0 Å². The maximum absolute atomic E-state index is 13.7. The third-order valence-electron chi connectivity index (χ3n) is 8.13. The molecule has 0 heterocycles. The van der Waals surface area contributed by atoms with Crippen LogP contribution in [0, 0.1) is 22.7 Å². The van der Waals surface area contributed by atoms with E-state index in [1.807, 2.05) is 0 Å². The van der Waals surface area contributed by atoms with E-state index in [4.69, 9.17) is 0 Å². The van der Waals surface area contributed by atoms with E-state index < -0.39 is 75.6 Å². The Morgan fingerprint density at radius 1 is 1.10 bits per heavy atom. The fraction of sp³-hybridized carbons (Fsp3) is 0.522. The topological polar surface area (TPSA) is 146 Å². The average Bonchev–Trinajstić information content (AvgIpc) is 2.68. The van der Waals surface area contributed by atoms with Gasteiger partial charge in [-0.15, -0.1) is 0 Å². The monoisotopic (exact) mass is 428 g/mol. The zero-order valence-corrected chi connectivity index (χ0v) is 17.6. The summed E-state index contributed by atoms with van der Waals surface area (Å²) in [7, 11) is 0. The van der Waals surface area contributed by atoms with E-state index in [0.717, 1.165) is 6.92 Å². The summed E-state index contributed by atoms with van der Waals surface area (Å²) in [6.07, 6.45) is -2.18. The van der Waals surface area contributed by atoms with Crippen LogP contribution < -0.4 is 0 Å². The number of fused-ring (bicyclic) bond motifs is 3. The van der Waals surface area contributed by atoms with Gasteiger partial charge in [0.2, 0.25) is 0 Å². The molecular weight excluding hydrogens is 404 g/mol. The lowest BCUT2D eigenvalue weighted by Crippen LogP contribution is -2.79. The van der Waals surface area contributed by atoms with Gasteiger partial charge in [-0.05, 0) is 24.5 Å². The lowest BCUT2D eigenvalue weighted by Gasteiger charge is -2.62. The molecule has 0 saturated heterocycles. The summed E-state index contributed by atoms with van der Waals surface area (Å²) in [5.41, 5.74) is -5.93. The van der Waals surface area contributed by atoms with Crippen molar-refractivity contribution < 1.29 is 39.3 Å². The van der Waals surface area contributed by atoms with Crippen molar-refractivity contribution in [1.29, 1.82) is 0 Å². The van der Waals surface area contributed by atoms with Gasteiger partial charge in [0.25, 0.3) is 0 Å². The van der Waals surface area contributed by atoms with Gasteiger partial charge in [-0.25, -0.2) is 0 Å². The minimum absolute atomic E-state index is 0.0901. The second-order valence-electron chi connectivity index (χ2n) is 9.57. The first-order valence-electron chi connectivity index (χ1n) is 10.1. The number of aliphatic hydroxyl groups is 2. The van der Waals surface area contributed by atoms with Gasteiger partial charge in [0, 0.05) is 17.3 Å². The summed E-state index contributed by atoms with van der Waals surface area (Å²) in [4.78, 5) is 65.0. The Balaban J connectivity index is 2.01. The fourth-order valence-electron chi connectivity index (χ4n) is 6.23. The number of carbonyl (C=O) groups excluding carboxylic acids is 5. The first-order chi connectivity index (χ1) is 14.3. The zero-order chi connectivity index (χ0) is 23.3. The summed E-state index contributed by atoms with van der Waals surface area (Å²) in [5, 5.41) is 33.3. The normalized spacial score (nSPS) is 42.0. The quantitative estimate of drug-likeness (QED) is 0.555. The minimum atomic E-state index is -2.89. The highest BCUT2D eigenvalue weighted by Crippen LogP contribution is 2.64. The molecule has 2 fully saturated rings. The molecule has 0 aromatic heterocycles. The number of phenolic OH excluding ortho intramolecular Hbond substituents is 1. The van der Waals surface area contributed by atoms with E-state index in [2.05, 4.69) is 0 Å². The van der Waals surface area contributed by atoms with Crippen LogP contribution in [0.25, 0.3) is 0 Å². The number of rotatable bonds is 1. The van der Waals surface area contributed by atoms with Crippen LogP contribution in [0.1, 0.15) is 56.0 Å². The fourth-order valence-corrected chi connectivity index (χ4v) is 6.23. The third-order valence-corrected chi connectivity index (χ3v) is 8.13. The molecule has 4 rings (SSSR count). The highest BCUT2D eigenvalue weighted by atomic mass is 16.3. The minimum Gasteiger partial charge on any atom is -0.507 e. The van der Waals surface area contributed by atoms with E-state index in [1.54, 1.807) is 19.1 Å². The van der Waals surface area contributed by atoms with E-state index >= 15 is 0 Å². The van der Waals surface area contributed by atoms with Crippen LogP contribution in [-0.4, -0.2) is 55.9 Å². The van der Waals surface area contributed by atoms with Gasteiger partial charge in [-0.3, -0.25) is 24.0 Å². The Bertz CT molecular complexity index is 1090. The van der Waals surface area contributed by atoms with Crippen molar-refractivity contribution >= 4 is 28.9 Å². The standard InChI is InChI=1S/C23H24O8/c1-9-11-6-5-7-12(25)15(11)17(27)16-19(29)23(31)18(28)14(10(2)24)13(26)8-21(23,3)20(30)22(9,16)4/h5-7,9,14,16,20,25,30-31H,8H2,1-4H3/t9-,14?,16?,20+,21+,22+,23+/m1/s1. The molecule has 3 aliphatic rings. The summed E-state index contributed by atoms with van der Waals surface area (Å²) in [5.74, 6) is -9.27. The molecule has 0 aliphatic heterocycles. The predicted octanol–water partition coefficient (Wildman–Crippen LogP) is 0.743. The Labute approximate surface area is 178 Å². The Hall–Kier alpha value is -2.71. The number of ketones is 5. The van der Waals surface area contributed by atoms with E-state index in [0.29, 0.717) is 5.56 Å². The zero-order valence-electron chi connectivity index (χ0n) is 17.6. The third kappa shape index (κ3) is 2.19. The van der Waals surface area contributed by atoms with E-state index in [-0.39, 0.29) is 11.3 Å². The smallest absolute Gasteiger partial charge is 0.191 e. The molecule has 31 heavy (non-hydrogen) atoms. The maximum atomic E-state index is 13.7. The molecule has 3 aliphatic carbocycles. The van der Waals surface area contributed by atoms with E-state index in [9.17, 15) is 39.3 Å². The SMILES string of the molecule is CC(=O)C1C(=O)C[C@@]2(C)[C@H](O)[C@]3(C)C(C(=O)c4c(O)cccc4[C@H]3C)C(=O)[C@@]2(O)C1=O. The van der Waals surface area contributed by atoms with Gasteiger partial charge in [0.1, 0.15) is 17.5 Å². The van der Waals surface area contributed by atoms with Crippen molar-refractivity contribution in [2.75, 3.05) is 0 Å². The number of phenols is 1. The van der Waals surface area contributed by atoms with Crippen molar-refractivity contribution in [2.24, 2.45) is 22.7 Å². The van der Waals surface area contributed by atoms with Crippen molar-refractivity contribution in [3.8, 4) is 5.75 Å². The average molecular weight is 428 g/mol. The molecule has 3 N–H and O–H groups in total. The molecular formula is C23H24O8. The largest absolute Gasteiger partial charge is 0.507 e. The Kier molecular flexibility index (Phi) is 4.28. The van der Waals surface area contributed by atoms with Crippen LogP contribution in [0.3, 0.4) is 0 Å². The number of carbonyl (C=O) groups is 5. The number of hydrogen-bond acceptors (Lipinski definition) is 8. The van der Waals surface area contributed by atoms with Crippen LogP contribution in [0.5, 0.6) is 5.75 Å². The van der Waals surface area contributed by atoms with Crippen molar-refractivity contribution in [3.63, 3.8) is 0 Å². The van der Waals surface area contributed by atoms with Gasteiger partial charge in [-0.1, -0.05) is 32.9 Å². The van der Waals surface area contributed by atoms with Crippen LogP contribution >= 0.6 is 0 Å². The lowest BCUT2D eigenvalue weighted by molar-refractivity contribution is -0.224. The number of Topliss-reactive ketones (excluding diaryl/α,β-unsaturated/α-hetero) is 5. The molecule has 164 valence electrons. The molecule has 0 bridgehead atoms. The van der Waals surface area contributed by atoms with Crippen molar-refractivity contribution in [1.82, 2.24) is 0 Å². The summed E-state index contributed by atoms with van der Waals surface area (Å²) >= 11 is 0. The number of benzene rings is 1.